The Bertz CT molecular complexity index is 478. The lowest BCUT2D eigenvalue weighted by Crippen LogP contribution is -2.45. The van der Waals surface area contributed by atoms with Gasteiger partial charge < -0.3 is 10.1 Å². The first-order valence-corrected chi connectivity index (χ1v) is 6.61. The van der Waals surface area contributed by atoms with Crippen molar-refractivity contribution >= 4 is 5.97 Å². The fraction of sp³-hybridized carbons (Fsp3) is 0.438. The molecule has 0 radical (unpaired) electrons. The van der Waals surface area contributed by atoms with Crippen molar-refractivity contribution in [2.24, 2.45) is 5.92 Å². The van der Waals surface area contributed by atoms with Crippen LogP contribution in [0.25, 0.3) is 0 Å². The quantitative estimate of drug-likeness (QED) is 0.830. The molecule has 2 rings (SSSR count). The Morgan fingerprint density at radius 1 is 1.37 bits per heavy atom. The topological polar surface area (TPSA) is 38.3 Å². The molecule has 1 aromatic carbocycles. The van der Waals surface area contributed by atoms with E-state index in [1.54, 1.807) is 0 Å². The minimum absolute atomic E-state index is 0.0417. The normalized spacial score (nSPS) is 26.7. The fourth-order valence-corrected chi connectivity index (χ4v) is 2.85. The second-order valence-corrected chi connectivity index (χ2v) is 5.31. The van der Waals surface area contributed by atoms with E-state index in [4.69, 9.17) is 4.74 Å². The zero-order valence-corrected chi connectivity index (χ0v) is 11.8. The van der Waals surface area contributed by atoms with Crippen LogP contribution in [0.4, 0.5) is 0 Å². The van der Waals surface area contributed by atoms with E-state index < -0.39 is 0 Å². The summed E-state index contributed by atoms with van der Waals surface area (Å²) in [6.45, 7) is 8.08. The van der Waals surface area contributed by atoms with Crippen molar-refractivity contribution in [2.45, 2.75) is 32.2 Å². The molecule has 1 saturated heterocycles. The number of carbonyl (C=O) groups excluding carboxylic acids is 1. The van der Waals surface area contributed by atoms with Crippen LogP contribution >= 0.6 is 0 Å². The van der Waals surface area contributed by atoms with Crippen molar-refractivity contribution in [2.75, 3.05) is 7.11 Å². The van der Waals surface area contributed by atoms with Gasteiger partial charge in [0.15, 0.2) is 0 Å². The number of aryl methyl sites for hydroxylation is 1. The maximum absolute atomic E-state index is 12.0. The Morgan fingerprint density at radius 3 is 2.58 bits per heavy atom. The van der Waals surface area contributed by atoms with Gasteiger partial charge in [-0.15, -0.1) is 0 Å². The molecule has 0 amide bonds. The molecule has 1 aliphatic rings. The van der Waals surface area contributed by atoms with Crippen LogP contribution in [0.2, 0.25) is 0 Å². The van der Waals surface area contributed by atoms with Gasteiger partial charge in [0.05, 0.1) is 13.0 Å². The summed E-state index contributed by atoms with van der Waals surface area (Å²) in [4.78, 5) is 12.0. The van der Waals surface area contributed by atoms with Crippen molar-refractivity contribution in [1.29, 1.82) is 0 Å². The maximum atomic E-state index is 12.0. The highest BCUT2D eigenvalue weighted by atomic mass is 16.5. The highest BCUT2D eigenvalue weighted by Crippen LogP contribution is 2.37. The lowest BCUT2D eigenvalue weighted by molar-refractivity contribution is -0.147. The lowest BCUT2D eigenvalue weighted by Gasteiger charge is -2.37. The van der Waals surface area contributed by atoms with E-state index in [9.17, 15) is 4.79 Å². The number of esters is 1. The van der Waals surface area contributed by atoms with Crippen LogP contribution in [0.1, 0.15) is 30.4 Å². The second-order valence-electron chi connectivity index (χ2n) is 5.31. The zero-order chi connectivity index (χ0) is 14.0. The summed E-state index contributed by atoms with van der Waals surface area (Å²) in [6.07, 6.45) is 0.771. The maximum Gasteiger partial charge on any atom is 0.311 e. The molecule has 0 saturated carbocycles. The Morgan fingerprint density at radius 2 is 2.00 bits per heavy atom. The van der Waals surface area contributed by atoms with Gasteiger partial charge >= 0.3 is 5.97 Å². The number of carbonyl (C=O) groups is 1. The van der Waals surface area contributed by atoms with Crippen LogP contribution < -0.4 is 5.32 Å². The first-order valence-electron chi connectivity index (χ1n) is 6.61. The number of hydrogen-bond donors (Lipinski definition) is 1. The van der Waals surface area contributed by atoms with Gasteiger partial charge in [-0.2, -0.15) is 0 Å². The minimum atomic E-state index is -0.168. The van der Waals surface area contributed by atoms with Crippen molar-refractivity contribution < 1.29 is 9.53 Å². The molecule has 1 fully saturated rings. The van der Waals surface area contributed by atoms with Gasteiger partial charge in [-0.25, -0.2) is 0 Å². The predicted octanol–water partition coefficient (Wildman–Crippen LogP) is 2.76. The van der Waals surface area contributed by atoms with Crippen LogP contribution in [0.3, 0.4) is 0 Å². The van der Waals surface area contributed by atoms with Crippen LogP contribution in [0.5, 0.6) is 0 Å². The van der Waals surface area contributed by atoms with Crippen molar-refractivity contribution in [3.63, 3.8) is 0 Å². The highest BCUT2D eigenvalue weighted by Gasteiger charge is 2.38. The van der Waals surface area contributed by atoms with Crippen LogP contribution in [0, 0.1) is 12.8 Å². The molecule has 3 heteroatoms. The first-order chi connectivity index (χ1) is 9.02. The molecule has 1 N–H and O–H groups in total. The molecular formula is C16H21NO2. The van der Waals surface area contributed by atoms with Crippen molar-refractivity contribution in [3.05, 3.63) is 47.7 Å². The third-order valence-corrected chi connectivity index (χ3v) is 3.85. The summed E-state index contributed by atoms with van der Waals surface area (Å²) < 4.78 is 4.96. The number of allylic oxidation sites excluding steroid dienone is 1. The highest BCUT2D eigenvalue weighted by molar-refractivity contribution is 5.75. The third kappa shape index (κ3) is 2.80. The van der Waals surface area contributed by atoms with Crippen molar-refractivity contribution in [1.82, 2.24) is 5.32 Å². The molecule has 1 aromatic rings. The van der Waals surface area contributed by atoms with Gasteiger partial charge in [-0.1, -0.05) is 36.4 Å². The molecule has 0 aliphatic carbocycles. The summed E-state index contributed by atoms with van der Waals surface area (Å²) in [5.41, 5.74) is 3.38. The number of methoxy groups -OCH3 is 1. The van der Waals surface area contributed by atoms with E-state index in [2.05, 4.69) is 43.1 Å². The summed E-state index contributed by atoms with van der Waals surface area (Å²) in [6, 6.07) is 8.40. The van der Waals surface area contributed by atoms with Gasteiger partial charge in [0, 0.05) is 17.7 Å². The van der Waals surface area contributed by atoms with Gasteiger partial charge in [0.1, 0.15) is 0 Å². The molecule has 3 atom stereocenters. The van der Waals surface area contributed by atoms with Crippen LogP contribution in [-0.2, 0) is 9.53 Å². The summed E-state index contributed by atoms with van der Waals surface area (Å²) in [5.74, 6) is -0.187. The average Bonchev–Trinajstić information content (AvgIpc) is 2.38. The Kier molecular flexibility index (Phi) is 3.93. The number of rotatable bonds is 2. The number of nitrogens with one attached hydrogen (secondary N) is 1. The molecule has 1 heterocycles. The van der Waals surface area contributed by atoms with E-state index in [-0.39, 0.29) is 23.8 Å². The molecule has 3 unspecified atom stereocenters. The molecule has 102 valence electrons. The molecule has 0 bridgehead atoms. The van der Waals surface area contributed by atoms with Gasteiger partial charge in [-0.05, 0) is 25.8 Å². The SMILES string of the molecule is C=C1CC(c2ccc(C)cc2)C(C(=O)OC)C(C)N1. The monoisotopic (exact) mass is 259 g/mol. The fourth-order valence-electron chi connectivity index (χ4n) is 2.85. The summed E-state index contributed by atoms with van der Waals surface area (Å²) >= 11 is 0. The molecular weight excluding hydrogens is 238 g/mol. The van der Waals surface area contributed by atoms with Gasteiger partial charge in [0.2, 0.25) is 0 Å². The van der Waals surface area contributed by atoms with Gasteiger partial charge in [-0.3, -0.25) is 4.79 Å². The van der Waals surface area contributed by atoms with E-state index in [0.29, 0.717) is 0 Å². The zero-order valence-electron chi connectivity index (χ0n) is 11.8. The Hall–Kier alpha value is -1.77. The number of benzene rings is 1. The van der Waals surface area contributed by atoms with E-state index in [1.807, 2.05) is 6.92 Å². The van der Waals surface area contributed by atoms with Crippen molar-refractivity contribution in [3.8, 4) is 0 Å². The van der Waals surface area contributed by atoms with Crippen LogP contribution in [0.15, 0.2) is 36.5 Å². The van der Waals surface area contributed by atoms with E-state index in [1.165, 1.54) is 18.2 Å². The second kappa shape index (κ2) is 5.47. The number of hydrogen-bond acceptors (Lipinski definition) is 3. The molecule has 0 aromatic heterocycles. The summed E-state index contributed by atoms with van der Waals surface area (Å²) in [5, 5.41) is 3.26. The van der Waals surface area contributed by atoms with E-state index >= 15 is 0 Å². The Labute approximate surface area is 114 Å². The smallest absolute Gasteiger partial charge is 0.311 e. The molecule has 1 aliphatic heterocycles. The Balaban J connectivity index is 2.34. The standard InChI is InChI=1S/C16H21NO2/c1-10-5-7-13(8-6-10)14-9-11(2)17-12(3)15(14)16(18)19-4/h5-8,12,14-15,17H,2,9H2,1,3-4H3. The minimum Gasteiger partial charge on any atom is -0.469 e. The predicted molar refractivity (Wildman–Crippen MR) is 75.8 cm³/mol. The number of ether oxygens (including phenoxy) is 1. The summed E-state index contributed by atoms with van der Waals surface area (Å²) in [7, 11) is 1.45. The lowest BCUT2D eigenvalue weighted by atomic mass is 9.76. The largest absolute Gasteiger partial charge is 0.469 e. The van der Waals surface area contributed by atoms with Gasteiger partial charge in [0.25, 0.3) is 0 Å². The molecule has 3 nitrogen and oxygen atoms in total. The van der Waals surface area contributed by atoms with E-state index in [0.717, 1.165) is 12.1 Å². The average molecular weight is 259 g/mol. The molecule has 19 heavy (non-hydrogen) atoms. The first kappa shape index (κ1) is 13.7. The molecule has 0 spiro atoms. The van der Waals surface area contributed by atoms with Crippen LogP contribution in [-0.4, -0.2) is 19.1 Å². The third-order valence-electron chi connectivity index (χ3n) is 3.85. The number of piperidine rings is 1.